The minimum Gasteiger partial charge on any atom is -0.497 e. The van der Waals surface area contributed by atoms with E-state index in [9.17, 15) is 8.42 Å². The highest BCUT2D eigenvalue weighted by molar-refractivity contribution is 7.89. The first-order valence-electron chi connectivity index (χ1n) is 7.97. The zero-order valence-corrected chi connectivity index (χ0v) is 15.7. The molecule has 0 saturated carbocycles. The Balaban J connectivity index is 1.94. The van der Waals surface area contributed by atoms with Gasteiger partial charge in [-0.25, -0.2) is 13.1 Å². The first kappa shape index (κ1) is 18.0. The lowest BCUT2D eigenvalue weighted by atomic mass is 9.88. The van der Waals surface area contributed by atoms with E-state index >= 15 is 0 Å². The van der Waals surface area contributed by atoms with Crippen molar-refractivity contribution in [2.75, 3.05) is 14.2 Å². The molecule has 0 spiro atoms. The van der Waals surface area contributed by atoms with E-state index in [4.69, 9.17) is 21.1 Å². The molecule has 134 valence electrons. The fourth-order valence-electron chi connectivity index (χ4n) is 3.15. The average Bonchev–Trinajstić information content (AvgIpc) is 2.61. The zero-order valence-electron chi connectivity index (χ0n) is 14.1. The lowest BCUT2D eigenvalue weighted by Crippen LogP contribution is -2.31. The van der Waals surface area contributed by atoms with Gasteiger partial charge in [0.25, 0.3) is 0 Å². The van der Waals surface area contributed by atoms with Gasteiger partial charge in [-0.1, -0.05) is 17.7 Å². The minimum absolute atomic E-state index is 0.0446. The molecule has 1 aliphatic rings. The van der Waals surface area contributed by atoms with Crippen LogP contribution in [-0.2, 0) is 16.4 Å². The average molecular weight is 382 g/mol. The number of benzene rings is 2. The number of halogens is 1. The SMILES string of the molecule is COc1ccc2c(c1)CCC[C@H]2NS(=O)(=O)c1cc(Cl)ccc1OC. The van der Waals surface area contributed by atoms with Gasteiger partial charge in [0, 0.05) is 11.1 Å². The Morgan fingerprint density at radius 3 is 2.64 bits per heavy atom. The molecule has 1 atom stereocenters. The van der Waals surface area contributed by atoms with Crippen LogP contribution in [0, 0.1) is 0 Å². The van der Waals surface area contributed by atoms with Crippen LogP contribution < -0.4 is 14.2 Å². The van der Waals surface area contributed by atoms with E-state index in [2.05, 4.69) is 4.72 Å². The molecule has 2 aromatic carbocycles. The van der Waals surface area contributed by atoms with Crippen LogP contribution >= 0.6 is 11.6 Å². The topological polar surface area (TPSA) is 64.6 Å². The Labute approximate surface area is 153 Å². The lowest BCUT2D eigenvalue weighted by molar-refractivity contribution is 0.401. The van der Waals surface area contributed by atoms with Crippen molar-refractivity contribution in [2.24, 2.45) is 0 Å². The summed E-state index contributed by atoms with van der Waals surface area (Å²) in [6, 6.07) is 10.0. The summed E-state index contributed by atoms with van der Waals surface area (Å²) in [5.41, 5.74) is 2.09. The smallest absolute Gasteiger partial charge is 0.244 e. The number of fused-ring (bicyclic) bond motifs is 1. The van der Waals surface area contributed by atoms with Crippen LogP contribution in [0.3, 0.4) is 0 Å². The Morgan fingerprint density at radius 2 is 1.92 bits per heavy atom. The molecule has 0 radical (unpaired) electrons. The standard InChI is InChI=1S/C18H20ClNO4S/c1-23-14-7-8-15-12(10-14)4-3-5-16(15)20-25(21,22)18-11-13(19)6-9-17(18)24-2/h6-11,16,20H,3-5H2,1-2H3/t16-/m1/s1. The maximum atomic E-state index is 12.9. The summed E-state index contributed by atoms with van der Waals surface area (Å²) in [5.74, 6) is 1.04. The number of nitrogens with one attached hydrogen (secondary N) is 1. The van der Waals surface area contributed by atoms with E-state index < -0.39 is 10.0 Å². The predicted octanol–water partition coefficient (Wildman–Crippen LogP) is 3.71. The highest BCUT2D eigenvalue weighted by Gasteiger charge is 2.28. The van der Waals surface area contributed by atoms with Crippen LogP contribution in [0.15, 0.2) is 41.3 Å². The molecule has 5 nitrogen and oxygen atoms in total. The van der Waals surface area contributed by atoms with Crippen molar-refractivity contribution in [1.29, 1.82) is 0 Å². The van der Waals surface area contributed by atoms with Gasteiger partial charge < -0.3 is 9.47 Å². The summed E-state index contributed by atoms with van der Waals surface area (Å²) in [7, 11) is -0.718. The molecule has 0 fully saturated rings. The number of rotatable bonds is 5. The van der Waals surface area contributed by atoms with E-state index in [-0.39, 0.29) is 16.7 Å². The van der Waals surface area contributed by atoms with Crippen LogP contribution in [0.2, 0.25) is 5.02 Å². The quantitative estimate of drug-likeness (QED) is 0.857. The largest absolute Gasteiger partial charge is 0.497 e. The van der Waals surface area contributed by atoms with Crippen LogP contribution in [0.1, 0.15) is 30.0 Å². The molecule has 7 heteroatoms. The van der Waals surface area contributed by atoms with Crippen molar-refractivity contribution < 1.29 is 17.9 Å². The first-order chi connectivity index (χ1) is 11.9. The van der Waals surface area contributed by atoms with Crippen molar-refractivity contribution in [1.82, 2.24) is 4.72 Å². The molecule has 0 amide bonds. The molecule has 1 aliphatic carbocycles. The molecule has 1 N–H and O–H groups in total. The number of hydrogen-bond acceptors (Lipinski definition) is 4. The minimum atomic E-state index is -3.77. The summed E-state index contributed by atoms with van der Waals surface area (Å²) in [6.45, 7) is 0. The third kappa shape index (κ3) is 3.76. The van der Waals surface area contributed by atoms with Crippen molar-refractivity contribution in [3.05, 3.63) is 52.5 Å². The Morgan fingerprint density at radius 1 is 1.12 bits per heavy atom. The highest BCUT2D eigenvalue weighted by atomic mass is 35.5. The van der Waals surface area contributed by atoms with Crippen LogP contribution in [-0.4, -0.2) is 22.6 Å². The van der Waals surface area contributed by atoms with Gasteiger partial charge in [0.1, 0.15) is 16.4 Å². The van der Waals surface area contributed by atoms with Crippen molar-refractivity contribution in [3.8, 4) is 11.5 Å². The third-order valence-electron chi connectivity index (χ3n) is 4.38. The highest BCUT2D eigenvalue weighted by Crippen LogP contribution is 2.34. The molecule has 0 saturated heterocycles. The van der Waals surface area contributed by atoms with Gasteiger partial charge in [-0.3, -0.25) is 0 Å². The molecule has 0 bridgehead atoms. The maximum absolute atomic E-state index is 12.9. The summed E-state index contributed by atoms with van der Waals surface area (Å²) >= 11 is 5.98. The van der Waals surface area contributed by atoms with Crippen molar-refractivity contribution in [3.63, 3.8) is 0 Å². The molecular weight excluding hydrogens is 362 g/mol. The van der Waals surface area contributed by atoms with Gasteiger partial charge in [-0.2, -0.15) is 0 Å². The van der Waals surface area contributed by atoms with Gasteiger partial charge in [-0.15, -0.1) is 0 Å². The summed E-state index contributed by atoms with van der Waals surface area (Å²) in [4.78, 5) is 0.0446. The molecular formula is C18H20ClNO4S. The number of aryl methyl sites for hydroxylation is 1. The fourth-order valence-corrected chi connectivity index (χ4v) is 4.83. The van der Waals surface area contributed by atoms with E-state index in [1.807, 2.05) is 18.2 Å². The van der Waals surface area contributed by atoms with Crippen LogP contribution in [0.4, 0.5) is 0 Å². The fraction of sp³-hybridized carbons (Fsp3) is 0.333. The van der Waals surface area contributed by atoms with Gasteiger partial charge in [-0.05, 0) is 60.7 Å². The lowest BCUT2D eigenvalue weighted by Gasteiger charge is -2.27. The number of hydrogen-bond donors (Lipinski definition) is 1. The Kier molecular flexibility index (Phi) is 5.22. The van der Waals surface area contributed by atoms with Gasteiger partial charge in [0.05, 0.1) is 14.2 Å². The molecule has 25 heavy (non-hydrogen) atoms. The van der Waals surface area contributed by atoms with Gasteiger partial charge in [0.15, 0.2) is 0 Å². The summed E-state index contributed by atoms with van der Waals surface area (Å²) in [5, 5.41) is 0.343. The van der Waals surface area contributed by atoms with Gasteiger partial charge in [0.2, 0.25) is 10.0 Å². The van der Waals surface area contributed by atoms with E-state index in [0.29, 0.717) is 5.02 Å². The first-order valence-corrected chi connectivity index (χ1v) is 9.83. The van der Waals surface area contributed by atoms with E-state index in [1.54, 1.807) is 19.2 Å². The molecule has 2 aromatic rings. The monoisotopic (exact) mass is 381 g/mol. The number of sulfonamides is 1. The maximum Gasteiger partial charge on any atom is 0.244 e. The van der Waals surface area contributed by atoms with Crippen molar-refractivity contribution >= 4 is 21.6 Å². The normalized spacial score (nSPS) is 17.0. The van der Waals surface area contributed by atoms with E-state index in [0.717, 1.165) is 36.1 Å². The second-order valence-electron chi connectivity index (χ2n) is 5.93. The second kappa shape index (κ2) is 7.23. The molecule has 0 aromatic heterocycles. The Bertz CT molecular complexity index is 883. The summed E-state index contributed by atoms with van der Waals surface area (Å²) < 4.78 is 39.0. The second-order valence-corrected chi connectivity index (χ2v) is 8.04. The number of ether oxygens (including phenoxy) is 2. The molecule has 0 aliphatic heterocycles. The summed E-state index contributed by atoms with van der Waals surface area (Å²) in [6.07, 6.45) is 2.55. The van der Waals surface area contributed by atoms with Crippen LogP contribution in [0.25, 0.3) is 0 Å². The molecule has 0 unspecified atom stereocenters. The van der Waals surface area contributed by atoms with Crippen molar-refractivity contribution in [2.45, 2.75) is 30.2 Å². The predicted molar refractivity (Wildman–Crippen MR) is 97.0 cm³/mol. The van der Waals surface area contributed by atoms with Gasteiger partial charge >= 0.3 is 0 Å². The molecule has 0 heterocycles. The number of methoxy groups -OCH3 is 2. The Hall–Kier alpha value is -1.76. The molecule has 3 rings (SSSR count). The van der Waals surface area contributed by atoms with E-state index in [1.165, 1.54) is 13.2 Å². The zero-order chi connectivity index (χ0) is 18.0. The van der Waals surface area contributed by atoms with Crippen LogP contribution in [0.5, 0.6) is 11.5 Å². The third-order valence-corrected chi connectivity index (χ3v) is 6.11.